The summed E-state index contributed by atoms with van der Waals surface area (Å²) < 4.78 is 0.951. The van der Waals surface area contributed by atoms with Crippen molar-refractivity contribution >= 4 is 27.5 Å². The molecule has 3 nitrogen and oxygen atoms in total. The molecule has 22 heavy (non-hydrogen) atoms. The lowest BCUT2D eigenvalue weighted by atomic mass is 9.99. The molecule has 3 rings (SSSR count). The van der Waals surface area contributed by atoms with E-state index in [1.54, 1.807) is 0 Å². The molecule has 0 radical (unpaired) electrons. The van der Waals surface area contributed by atoms with E-state index < -0.39 is 0 Å². The number of fused-ring (bicyclic) bond motifs is 1. The number of rotatable bonds is 2. The maximum atomic E-state index is 12.4. The Kier molecular flexibility index (Phi) is 4.32. The van der Waals surface area contributed by atoms with Gasteiger partial charge in [-0.05, 0) is 61.3 Å². The van der Waals surface area contributed by atoms with Crippen molar-refractivity contribution in [1.82, 2.24) is 4.90 Å². The molecule has 0 spiro atoms. The maximum Gasteiger partial charge on any atom is 0.255 e. The monoisotopic (exact) mass is 358 g/mol. The van der Waals surface area contributed by atoms with E-state index in [1.807, 2.05) is 31.2 Å². The summed E-state index contributed by atoms with van der Waals surface area (Å²) in [6.45, 7) is 4.04. The van der Waals surface area contributed by atoms with Crippen LogP contribution in [0, 0.1) is 6.92 Å². The molecule has 0 unspecified atom stereocenters. The molecule has 1 N–H and O–H groups in total. The number of benzene rings is 2. The molecule has 2 aromatic carbocycles. The summed E-state index contributed by atoms with van der Waals surface area (Å²) in [6.07, 6.45) is 1.07. The Hall–Kier alpha value is -1.65. The van der Waals surface area contributed by atoms with Crippen molar-refractivity contribution in [3.8, 4) is 0 Å². The summed E-state index contributed by atoms with van der Waals surface area (Å²) in [6, 6.07) is 11.9. The van der Waals surface area contributed by atoms with Crippen LogP contribution >= 0.6 is 15.9 Å². The number of likely N-dealkylation sites (N-methyl/N-ethyl adjacent to an activating group) is 1. The summed E-state index contributed by atoms with van der Waals surface area (Å²) in [5.41, 5.74) is 5.32. The van der Waals surface area contributed by atoms with Gasteiger partial charge in [0, 0.05) is 28.8 Å². The topological polar surface area (TPSA) is 32.3 Å². The van der Waals surface area contributed by atoms with Gasteiger partial charge in [0.05, 0.1) is 0 Å². The third kappa shape index (κ3) is 3.23. The van der Waals surface area contributed by atoms with Crippen LogP contribution in [0.15, 0.2) is 40.9 Å². The second kappa shape index (κ2) is 6.23. The van der Waals surface area contributed by atoms with Gasteiger partial charge in [-0.1, -0.05) is 28.1 Å². The Morgan fingerprint density at radius 1 is 1.18 bits per heavy atom. The first-order chi connectivity index (χ1) is 10.5. The molecule has 1 aliphatic heterocycles. The smallest absolute Gasteiger partial charge is 0.255 e. The maximum absolute atomic E-state index is 12.4. The van der Waals surface area contributed by atoms with Gasteiger partial charge in [0.1, 0.15) is 0 Å². The highest BCUT2D eigenvalue weighted by Gasteiger charge is 2.14. The molecular weight excluding hydrogens is 340 g/mol. The van der Waals surface area contributed by atoms with Crippen LogP contribution in [0.5, 0.6) is 0 Å². The predicted octanol–water partition coefficient (Wildman–Crippen LogP) is 4.00. The minimum atomic E-state index is -0.0789. The van der Waals surface area contributed by atoms with Gasteiger partial charge in [-0.2, -0.15) is 0 Å². The third-order valence-corrected chi connectivity index (χ3v) is 4.96. The minimum absolute atomic E-state index is 0.0789. The van der Waals surface area contributed by atoms with Crippen molar-refractivity contribution in [3.63, 3.8) is 0 Å². The number of anilines is 1. The first-order valence-electron chi connectivity index (χ1n) is 7.41. The molecule has 0 aromatic heterocycles. The van der Waals surface area contributed by atoms with E-state index in [2.05, 4.69) is 45.3 Å². The molecule has 0 aliphatic carbocycles. The van der Waals surface area contributed by atoms with Crippen LogP contribution < -0.4 is 5.32 Å². The van der Waals surface area contributed by atoms with Crippen LogP contribution in [-0.4, -0.2) is 24.4 Å². The molecular formula is C18H19BrN2O. The van der Waals surface area contributed by atoms with E-state index in [0.29, 0.717) is 5.56 Å². The Morgan fingerprint density at radius 3 is 2.77 bits per heavy atom. The third-order valence-electron chi connectivity index (χ3n) is 4.10. The van der Waals surface area contributed by atoms with E-state index in [4.69, 9.17) is 0 Å². The summed E-state index contributed by atoms with van der Waals surface area (Å²) in [5.74, 6) is -0.0789. The molecule has 114 valence electrons. The van der Waals surface area contributed by atoms with Crippen LogP contribution in [0.1, 0.15) is 27.0 Å². The van der Waals surface area contributed by atoms with Crippen LogP contribution in [0.2, 0.25) is 0 Å². The molecule has 0 saturated carbocycles. The van der Waals surface area contributed by atoms with Gasteiger partial charge in [-0.25, -0.2) is 0 Å². The highest BCUT2D eigenvalue weighted by molar-refractivity contribution is 9.10. The van der Waals surface area contributed by atoms with Crippen molar-refractivity contribution in [2.24, 2.45) is 0 Å². The first-order valence-corrected chi connectivity index (χ1v) is 8.20. The Morgan fingerprint density at radius 2 is 2.00 bits per heavy atom. The number of carbonyl (C=O) groups excluding carboxylic acids is 1. The fourth-order valence-corrected chi connectivity index (χ4v) is 3.09. The van der Waals surface area contributed by atoms with Gasteiger partial charge in [0.2, 0.25) is 0 Å². The van der Waals surface area contributed by atoms with Crippen LogP contribution in [0.3, 0.4) is 0 Å². The zero-order valence-electron chi connectivity index (χ0n) is 12.8. The van der Waals surface area contributed by atoms with Crippen LogP contribution in [-0.2, 0) is 13.0 Å². The van der Waals surface area contributed by atoms with E-state index in [1.165, 1.54) is 11.1 Å². The lowest BCUT2D eigenvalue weighted by molar-refractivity contribution is 0.102. The van der Waals surface area contributed by atoms with Crippen molar-refractivity contribution in [1.29, 1.82) is 0 Å². The molecule has 4 heteroatoms. The molecule has 1 heterocycles. The van der Waals surface area contributed by atoms with Crippen molar-refractivity contribution < 1.29 is 4.79 Å². The molecule has 2 aromatic rings. The number of nitrogens with zero attached hydrogens (tertiary/aromatic N) is 1. The largest absolute Gasteiger partial charge is 0.322 e. The quantitative estimate of drug-likeness (QED) is 0.879. The number of halogens is 1. The molecule has 0 atom stereocenters. The van der Waals surface area contributed by atoms with Crippen LogP contribution in [0.4, 0.5) is 5.69 Å². The normalized spacial score (nSPS) is 14.5. The standard InChI is InChI=1S/C18H19BrN2O/c1-12-3-4-14(10-17(12)19)18(22)20-16-6-5-13-7-8-21(2)11-15(13)9-16/h3-6,9-10H,7-8,11H2,1-2H3,(H,20,22). The highest BCUT2D eigenvalue weighted by Crippen LogP contribution is 2.23. The number of carbonyl (C=O) groups is 1. The summed E-state index contributed by atoms with van der Waals surface area (Å²) in [5, 5.41) is 2.99. The number of hydrogen-bond acceptors (Lipinski definition) is 2. The SMILES string of the molecule is Cc1ccc(C(=O)Nc2ccc3c(c2)CN(C)CC3)cc1Br. The molecule has 1 aliphatic rings. The average molecular weight is 359 g/mol. The molecule has 0 saturated heterocycles. The Labute approximate surface area is 139 Å². The van der Waals surface area contributed by atoms with E-state index in [-0.39, 0.29) is 5.91 Å². The summed E-state index contributed by atoms with van der Waals surface area (Å²) in [7, 11) is 2.12. The van der Waals surface area contributed by atoms with Crippen molar-refractivity contribution in [3.05, 3.63) is 63.1 Å². The van der Waals surface area contributed by atoms with E-state index in [0.717, 1.165) is 35.2 Å². The number of aryl methyl sites for hydroxylation is 1. The zero-order valence-corrected chi connectivity index (χ0v) is 14.4. The first kappa shape index (κ1) is 15.3. The molecule has 0 bridgehead atoms. The fraction of sp³-hybridized carbons (Fsp3) is 0.278. The van der Waals surface area contributed by atoms with Gasteiger partial charge in [-0.3, -0.25) is 4.79 Å². The fourth-order valence-electron chi connectivity index (χ4n) is 2.71. The van der Waals surface area contributed by atoms with Gasteiger partial charge in [0.25, 0.3) is 5.91 Å². The lowest BCUT2D eigenvalue weighted by Crippen LogP contribution is -2.26. The lowest BCUT2D eigenvalue weighted by Gasteiger charge is -2.25. The van der Waals surface area contributed by atoms with Gasteiger partial charge in [0.15, 0.2) is 0 Å². The Balaban J connectivity index is 1.79. The van der Waals surface area contributed by atoms with E-state index in [9.17, 15) is 4.79 Å². The van der Waals surface area contributed by atoms with Crippen molar-refractivity contribution in [2.45, 2.75) is 19.9 Å². The van der Waals surface area contributed by atoms with Gasteiger partial charge >= 0.3 is 0 Å². The summed E-state index contributed by atoms with van der Waals surface area (Å²) >= 11 is 3.47. The second-order valence-electron chi connectivity index (χ2n) is 5.89. The molecule has 0 fully saturated rings. The number of hydrogen-bond donors (Lipinski definition) is 1. The van der Waals surface area contributed by atoms with Gasteiger partial charge < -0.3 is 10.2 Å². The predicted molar refractivity (Wildman–Crippen MR) is 93.3 cm³/mol. The summed E-state index contributed by atoms with van der Waals surface area (Å²) in [4.78, 5) is 14.7. The van der Waals surface area contributed by atoms with Crippen LogP contribution in [0.25, 0.3) is 0 Å². The second-order valence-corrected chi connectivity index (χ2v) is 6.74. The van der Waals surface area contributed by atoms with Gasteiger partial charge in [-0.15, -0.1) is 0 Å². The number of amides is 1. The number of nitrogens with one attached hydrogen (secondary N) is 1. The average Bonchev–Trinajstić information content (AvgIpc) is 2.49. The van der Waals surface area contributed by atoms with Crippen molar-refractivity contribution in [2.75, 3.05) is 18.9 Å². The minimum Gasteiger partial charge on any atom is -0.322 e. The highest BCUT2D eigenvalue weighted by atomic mass is 79.9. The zero-order chi connectivity index (χ0) is 15.7. The Bertz CT molecular complexity index is 727. The molecule has 1 amide bonds. The van der Waals surface area contributed by atoms with E-state index >= 15 is 0 Å².